The maximum atomic E-state index is 5.91. The van der Waals surface area contributed by atoms with Crippen LogP contribution >= 0.6 is 11.6 Å². The quantitative estimate of drug-likeness (QED) is 0.749. The van der Waals surface area contributed by atoms with Crippen molar-refractivity contribution >= 4 is 11.6 Å². The molecule has 1 fully saturated rings. The van der Waals surface area contributed by atoms with Crippen molar-refractivity contribution in [3.05, 3.63) is 34.9 Å². The average molecular weight is 284 g/mol. The van der Waals surface area contributed by atoms with Gasteiger partial charge in [0.05, 0.1) is 19.3 Å². The fourth-order valence-electron chi connectivity index (χ4n) is 2.22. The highest BCUT2D eigenvalue weighted by molar-refractivity contribution is 6.30. The molecule has 0 bridgehead atoms. The molecule has 0 spiro atoms. The molecular formula is C15H22ClNO2. The van der Waals surface area contributed by atoms with Crippen LogP contribution in [0, 0.1) is 0 Å². The van der Waals surface area contributed by atoms with Crippen LogP contribution in [0.15, 0.2) is 24.3 Å². The van der Waals surface area contributed by atoms with E-state index in [-0.39, 0.29) is 6.10 Å². The fraction of sp³-hybridized carbons (Fsp3) is 0.600. The molecule has 1 aliphatic rings. The van der Waals surface area contributed by atoms with Crippen molar-refractivity contribution in [3.8, 4) is 0 Å². The van der Waals surface area contributed by atoms with Gasteiger partial charge in [-0.15, -0.1) is 0 Å². The number of ether oxygens (including phenoxy) is 2. The summed E-state index contributed by atoms with van der Waals surface area (Å²) in [5, 5.41) is 0.768. The normalized spacial score (nSPS) is 20.6. The molecule has 106 valence electrons. The van der Waals surface area contributed by atoms with E-state index in [4.69, 9.17) is 21.1 Å². The molecule has 1 aromatic rings. The van der Waals surface area contributed by atoms with E-state index in [9.17, 15) is 0 Å². The van der Waals surface area contributed by atoms with Crippen molar-refractivity contribution in [2.45, 2.75) is 19.4 Å². The van der Waals surface area contributed by atoms with Gasteiger partial charge in [0.15, 0.2) is 0 Å². The maximum absolute atomic E-state index is 5.91. The number of rotatable bonds is 6. The third-order valence-corrected chi connectivity index (χ3v) is 3.54. The second kappa shape index (κ2) is 7.85. The van der Waals surface area contributed by atoms with E-state index >= 15 is 0 Å². The molecule has 2 rings (SSSR count). The summed E-state index contributed by atoms with van der Waals surface area (Å²) in [4.78, 5) is 2.40. The van der Waals surface area contributed by atoms with Crippen molar-refractivity contribution in [2.75, 3.05) is 39.5 Å². The number of hydrogen-bond donors (Lipinski definition) is 0. The maximum Gasteiger partial charge on any atom is 0.0952 e. The summed E-state index contributed by atoms with van der Waals surface area (Å²) < 4.78 is 11.4. The lowest BCUT2D eigenvalue weighted by Gasteiger charge is -2.33. The van der Waals surface area contributed by atoms with Gasteiger partial charge in [-0.2, -0.15) is 0 Å². The van der Waals surface area contributed by atoms with Gasteiger partial charge < -0.3 is 9.47 Å². The van der Waals surface area contributed by atoms with E-state index in [1.54, 1.807) is 0 Å². The van der Waals surface area contributed by atoms with E-state index in [0.29, 0.717) is 0 Å². The molecule has 0 saturated carbocycles. The first-order valence-electron chi connectivity index (χ1n) is 6.96. The topological polar surface area (TPSA) is 21.7 Å². The Balaban J connectivity index is 1.81. The monoisotopic (exact) mass is 283 g/mol. The summed E-state index contributed by atoms with van der Waals surface area (Å²) in [7, 11) is 0. The van der Waals surface area contributed by atoms with Crippen molar-refractivity contribution in [2.24, 2.45) is 0 Å². The van der Waals surface area contributed by atoms with Crippen LogP contribution in [0.25, 0.3) is 0 Å². The number of morpholine rings is 1. The highest BCUT2D eigenvalue weighted by Crippen LogP contribution is 2.23. The zero-order valence-corrected chi connectivity index (χ0v) is 12.2. The van der Waals surface area contributed by atoms with E-state index in [0.717, 1.165) is 50.9 Å². The van der Waals surface area contributed by atoms with Crippen LogP contribution in [0.3, 0.4) is 0 Å². The Morgan fingerprint density at radius 1 is 1.32 bits per heavy atom. The third kappa shape index (κ3) is 4.77. The van der Waals surface area contributed by atoms with Crippen molar-refractivity contribution < 1.29 is 9.47 Å². The third-order valence-electron chi connectivity index (χ3n) is 3.29. The number of nitrogens with zero attached hydrogens (tertiary/aromatic N) is 1. The van der Waals surface area contributed by atoms with Gasteiger partial charge in [-0.25, -0.2) is 0 Å². The summed E-state index contributed by atoms with van der Waals surface area (Å²) in [5.74, 6) is 0. The van der Waals surface area contributed by atoms with Crippen molar-refractivity contribution in [1.82, 2.24) is 4.90 Å². The minimum absolute atomic E-state index is 0.150. The zero-order chi connectivity index (χ0) is 13.5. The van der Waals surface area contributed by atoms with Crippen LogP contribution in [-0.4, -0.2) is 44.4 Å². The SMILES string of the molecule is CCCOCCN1CCO[C@@H](c2ccc(Cl)cc2)C1. The molecule has 19 heavy (non-hydrogen) atoms. The summed E-state index contributed by atoms with van der Waals surface area (Å²) in [6.07, 6.45) is 1.23. The highest BCUT2D eigenvalue weighted by Gasteiger charge is 2.21. The van der Waals surface area contributed by atoms with Crippen LogP contribution in [-0.2, 0) is 9.47 Å². The first-order valence-corrected chi connectivity index (χ1v) is 7.34. The molecular weight excluding hydrogens is 262 g/mol. The van der Waals surface area contributed by atoms with Crippen LogP contribution in [0.4, 0.5) is 0 Å². The summed E-state index contributed by atoms with van der Waals surface area (Å²) in [6.45, 7) is 7.46. The van der Waals surface area contributed by atoms with Crippen molar-refractivity contribution in [3.63, 3.8) is 0 Å². The lowest BCUT2D eigenvalue weighted by atomic mass is 10.1. The first kappa shape index (κ1) is 14.8. The van der Waals surface area contributed by atoms with Crippen LogP contribution < -0.4 is 0 Å². The van der Waals surface area contributed by atoms with Gasteiger partial charge in [-0.05, 0) is 24.1 Å². The van der Waals surface area contributed by atoms with Gasteiger partial charge in [0.1, 0.15) is 0 Å². The van der Waals surface area contributed by atoms with Gasteiger partial charge >= 0.3 is 0 Å². The lowest BCUT2D eigenvalue weighted by molar-refractivity contribution is -0.0377. The molecule has 1 atom stereocenters. The predicted octanol–water partition coefficient (Wildman–Crippen LogP) is 3.14. The molecule has 4 heteroatoms. The molecule has 0 radical (unpaired) electrons. The number of hydrogen-bond acceptors (Lipinski definition) is 3. The molecule has 0 aliphatic carbocycles. The highest BCUT2D eigenvalue weighted by atomic mass is 35.5. The number of halogens is 1. The summed E-state index contributed by atoms with van der Waals surface area (Å²) in [5.41, 5.74) is 1.20. The molecule has 1 aromatic carbocycles. The van der Waals surface area contributed by atoms with Crippen molar-refractivity contribution in [1.29, 1.82) is 0 Å². The van der Waals surface area contributed by atoms with E-state index in [2.05, 4.69) is 11.8 Å². The van der Waals surface area contributed by atoms with Gasteiger partial charge in [0.2, 0.25) is 0 Å². The van der Waals surface area contributed by atoms with E-state index < -0.39 is 0 Å². The summed E-state index contributed by atoms with van der Waals surface area (Å²) >= 11 is 5.91. The smallest absolute Gasteiger partial charge is 0.0952 e. The molecule has 1 heterocycles. The second-order valence-electron chi connectivity index (χ2n) is 4.82. The van der Waals surface area contributed by atoms with Gasteiger partial charge in [0, 0.05) is 31.3 Å². The van der Waals surface area contributed by atoms with Gasteiger partial charge in [-0.1, -0.05) is 30.7 Å². The minimum Gasteiger partial charge on any atom is -0.380 e. The Morgan fingerprint density at radius 3 is 2.84 bits per heavy atom. The lowest BCUT2D eigenvalue weighted by Crippen LogP contribution is -2.40. The molecule has 1 saturated heterocycles. The Morgan fingerprint density at radius 2 is 2.11 bits per heavy atom. The largest absolute Gasteiger partial charge is 0.380 e. The molecule has 0 aromatic heterocycles. The molecule has 3 nitrogen and oxygen atoms in total. The number of benzene rings is 1. The first-order chi connectivity index (χ1) is 9.29. The molecule has 1 aliphatic heterocycles. The Bertz CT molecular complexity index is 369. The second-order valence-corrected chi connectivity index (χ2v) is 5.26. The van der Waals surface area contributed by atoms with Crippen LogP contribution in [0.5, 0.6) is 0 Å². The molecule has 0 N–H and O–H groups in total. The van der Waals surface area contributed by atoms with E-state index in [1.165, 1.54) is 5.56 Å². The van der Waals surface area contributed by atoms with Crippen LogP contribution in [0.2, 0.25) is 5.02 Å². The van der Waals surface area contributed by atoms with Gasteiger partial charge in [-0.3, -0.25) is 4.90 Å². The summed E-state index contributed by atoms with van der Waals surface area (Å²) in [6, 6.07) is 7.93. The minimum atomic E-state index is 0.150. The van der Waals surface area contributed by atoms with Gasteiger partial charge in [0.25, 0.3) is 0 Å². The standard InChI is InChI=1S/C15H22ClNO2/c1-2-9-18-10-7-17-8-11-19-15(12-17)13-3-5-14(16)6-4-13/h3-6,15H,2,7-12H2,1H3/t15-/m1/s1. The average Bonchev–Trinajstić information content (AvgIpc) is 2.45. The zero-order valence-electron chi connectivity index (χ0n) is 11.5. The fourth-order valence-corrected chi connectivity index (χ4v) is 2.35. The van der Waals surface area contributed by atoms with Crippen LogP contribution in [0.1, 0.15) is 25.0 Å². The molecule has 0 amide bonds. The predicted molar refractivity (Wildman–Crippen MR) is 77.7 cm³/mol. The Labute approximate surface area is 120 Å². The van der Waals surface area contributed by atoms with E-state index in [1.807, 2.05) is 24.3 Å². The Kier molecular flexibility index (Phi) is 6.11. The Hall–Kier alpha value is -0.610. The molecule has 0 unspecified atom stereocenters.